The number of nitrogens with one attached hydrogen (secondary N) is 2. The van der Waals surface area contributed by atoms with Gasteiger partial charge in [0.2, 0.25) is 5.91 Å². The van der Waals surface area contributed by atoms with E-state index >= 15 is 0 Å². The molecule has 0 spiro atoms. The van der Waals surface area contributed by atoms with E-state index in [1.807, 2.05) is 30.3 Å². The molecule has 1 aliphatic rings. The van der Waals surface area contributed by atoms with Crippen LogP contribution in [0.25, 0.3) is 0 Å². The normalized spacial score (nSPS) is 14.4. The van der Waals surface area contributed by atoms with Crippen LogP contribution in [0.5, 0.6) is 0 Å². The number of rotatable bonds is 8. The molecular weight excluding hydrogens is 352 g/mol. The third-order valence-corrected chi connectivity index (χ3v) is 3.67. The second kappa shape index (κ2) is 9.95. The Morgan fingerprint density at radius 1 is 1.15 bits per heavy atom. The van der Waals surface area contributed by atoms with E-state index in [0.29, 0.717) is 5.70 Å². The second-order valence-electron chi connectivity index (χ2n) is 5.73. The van der Waals surface area contributed by atoms with Crippen LogP contribution in [0.4, 0.5) is 4.79 Å². The van der Waals surface area contributed by atoms with Crippen molar-refractivity contribution in [3.05, 3.63) is 47.8 Å². The molecule has 2 rings (SSSR count). The summed E-state index contributed by atoms with van der Waals surface area (Å²) < 4.78 is 9.76. The maximum atomic E-state index is 12.3. The lowest BCUT2D eigenvalue weighted by molar-refractivity contribution is -0.145. The predicted molar refractivity (Wildman–Crippen MR) is 96.5 cm³/mol. The Kier molecular flexibility index (Phi) is 7.36. The number of benzene rings is 1. The minimum absolute atomic E-state index is 0.0848. The second-order valence-corrected chi connectivity index (χ2v) is 5.73. The summed E-state index contributed by atoms with van der Waals surface area (Å²) in [7, 11) is 1.22. The number of aliphatic imine (C=N–C) groups is 1. The predicted octanol–water partition coefficient (Wildman–Crippen LogP) is 0.837. The number of esters is 1. The molecule has 2 unspecified atom stereocenters. The van der Waals surface area contributed by atoms with Gasteiger partial charge in [-0.2, -0.15) is 0 Å². The third-order valence-electron chi connectivity index (χ3n) is 3.67. The number of hydrogen-bond acceptors (Lipinski definition) is 6. The number of methoxy groups -OCH3 is 1. The van der Waals surface area contributed by atoms with Crippen molar-refractivity contribution >= 4 is 24.3 Å². The average molecular weight is 373 g/mol. The smallest absolute Gasteiger partial charge is 0.408 e. The molecule has 0 aliphatic carbocycles. The highest BCUT2D eigenvalue weighted by molar-refractivity contribution is 5.89. The lowest BCUT2D eigenvalue weighted by Crippen LogP contribution is -2.50. The van der Waals surface area contributed by atoms with E-state index in [4.69, 9.17) is 9.47 Å². The van der Waals surface area contributed by atoms with E-state index in [0.717, 1.165) is 5.56 Å². The van der Waals surface area contributed by atoms with Crippen LogP contribution in [0.2, 0.25) is 0 Å². The SMILES string of the molecule is COC(=O)C(CC1=CN=C[N]1)NC(=O)C(C)NC(=O)OCc1ccccc1. The van der Waals surface area contributed by atoms with Gasteiger partial charge in [0.05, 0.1) is 19.0 Å². The first-order valence-electron chi connectivity index (χ1n) is 8.26. The van der Waals surface area contributed by atoms with Gasteiger partial charge in [0.1, 0.15) is 25.0 Å². The van der Waals surface area contributed by atoms with Gasteiger partial charge in [0.25, 0.3) is 0 Å². The quantitative estimate of drug-likeness (QED) is 0.654. The van der Waals surface area contributed by atoms with Crippen LogP contribution in [-0.4, -0.2) is 43.5 Å². The average Bonchev–Trinajstić information content (AvgIpc) is 3.19. The topological polar surface area (TPSA) is 120 Å². The monoisotopic (exact) mass is 373 g/mol. The molecule has 1 aliphatic heterocycles. The van der Waals surface area contributed by atoms with Gasteiger partial charge in [0.15, 0.2) is 0 Å². The summed E-state index contributed by atoms with van der Waals surface area (Å²) in [6.07, 6.45) is 2.23. The van der Waals surface area contributed by atoms with Crippen LogP contribution >= 0.6 is 0 Å². The standard InChI is InChI=1S/C18H21N4O5/c1-12(21-18(25)27-10-13-6-4-3-5-7-13)16(23)22-15(17(24)26-2)8-14-9-19-11-20-14/h3-7,9,11-12,15H,8,10H2,1-2H3,(H,21,25)(H,22,23). The molecule has 9 heteroatoms. The van der Waals surface area contributed by atoms with Crippen LogP contribution < -0.4 is 16.0 Å². The van der Waals surface area contributed by atoms with Crippen LogP contribution in [0.1, 0.15) is 18.9 Å². The fraction of sp³-hybridized carbons (Fsp3) is 0.333. The van der Waals surface area contributed by atoms with E-state index in [-0.39, 0.29) is 13.0 Å². The molecule has 0 saturated carbocycles. The van der Waals surface area contributed by atoms with E-state index in [9.17, 15) is 14.4 Å². The van der Waals surface area contributed by atoms with Gasteiger partial charge >= 0.3 is 12.1 Å². The van der Waals surface area contributed by atoms with Gasteiger partial charge in [0, 0.05) is 6.42 Å². The highest BCUT2D eigenvalue weighted by Crippen LogP contribution is 2.09. The molecule has 2 N–H and O–H groups in total. The molecule has 1 heterocycles. The maximum Gasteiger partial charge on any atom is 0.408 e. The van der Waals surface area contributed by atoms with Crippen LogP contribution in [0.3, 0.4) is 0 Å². The Bertz CT molecular complexity index is 733. The van der Waals surface area contributed by atoms with Crippen molar-refractivity contribution in [2.45, 2.75) is 32.0 Å². The molecule has 1 aromatic rings. The molecule has 1 aromatic carbocycles. The van der Waals surface area contributed by atoms with Gasteiger partial charge < -0.3 is 20.1 Å². The largest absolute Gasteiger partial charge is 0.467 e. The van der Waals surface area contributed by atoms with E-state index in [2.05, 4.69) is 20.9 Å². The minimum Gasteiger partial charge on any atom is -0.467 e. The zero-order valence-electron chi connectivity index (χ0n) is 15.0. The molecule has 27 heavy (non-hydrogen) atoms. The number of carbonyl (C=O) groups is 3. The zero-order chi connectivity index (χ0) is 19.6. The van der Waals surface area contributed by atoms with Crippen LogP contribution in [0, 0.1) is 0 Å². The molecule has 2 atom stereocenters. The molecule has 0 fully saturated rings. The van der Waals surface area contributed by atoms with Crippen molar-refractivity contribution < 1.29 is 23.9 Å². The summed E-state index contributed by atoms with van der Waals surface area (Å²) in [6.45, 7) is 1.57. The number of hydrogen-bond donors (Lipinski definition) is 2. The molecule has 0 saturated heterocycles. The highest BCUT2D eigenvalue weighted by atomic mass is 16.5. The summed E-state index contributed by atoms with van der Waals surface area (Å²) in [5.41, 5.74) is 1.36. The van der Waals surface area contributed by atoms with Gasteiger partial charge in [-0.1, -0.05) is 30.3 Å². The Morgan fingerprint density at radius 2 is 1.89 bits per heavy atom. The fourth-order valence-corrected chi connectivity index (χ4v) is 2.21. The Balaban J connectivity index is 1.82. The van der Waals surface area contributed by atoms with Gasteiger partial charge in [-0.25, -0.2) is 19.9 Å². The lowest BCUT2D eigenvalue weighted by Gasteiger charge is -2.19. The van der Waals surface area contributed by atoms with Crippen molar-refractivity contribution in [2.24, 2.45) is 4.99 Å². The van der Waals surface area contributed by atoms with E-state index in [1.54, 1.807) is 0 Å². The number of alkyl carbamates (subject to hydrolysis) is 1. The van der Waals surface area contributed by atoms with Crippen molar-refractivity contribution in [1.29, 1.82) is 0 Å². The third kappa shape index (κ3) is 6.46. The number of ether oxygens (including phenoxy) is 2. The Labute approximate surface area is 156 Å². The molecule has 2 amide bonds. The van der Waals surface area contributed by atoms with E-state index < -0.39 is 30.1 Å². The Hall–Kier alpha value is -3.36. The first-order chi connectivity index (χ1) is 13.0. The molecule has 1 radical (unpaired) electrons. The number of carbonyl (C=O) groups excluding carboxylic acids is 3. The number of nitrogens with zero attached hydrogens (tertiary/aromatic N) is 2. The molecular formula is C18H21N4O5. The summed E-state index contributed by atoms with van der Waals surface area (Å²) in [6, 6.07) is 7.30. The summed E-state index contributed by atoms with van der Waals surface area (Å²) in [4.78, 5) is 39.8. The molecule has 9 nitrogen and oxygen atoms in total. The van der Waals surface area contributed by atoms with E-state index in [1.165, 1.54) is 26.6 Å². The highest BCUT2D eigenvalue weighted by Gasteiger charge is 2.27. The first-order valence-corrected chi connectivity index (χ1v) is 8.26. The summed E-state index contributed by atoms with van der Waals surface area (Å²) in [5.74, 6) is -1.17. The van der Waals surface area contributed by atoms with Gasteiger partial charge in [-0.05, 0) is 12.5 Å². The van der Waals surface area contributed by atoms with Crippen molar-refractivity contribution in [2.75, 3.05) is 7.11 Å². The molecule has 0 bridgehead atoms. The van der Waals surface area contributed by atoms with Gasteiger partial charge in [-0.15, -0.1) is 0 Å². The zero-order valence-corrected chi connectivity index (χ0v) is 15.0. The Morgan fingerprint density at radius 3 is 2.52 bits per heavy atom. The van der Waals surface area contributed by atoms with Crippen molar-refractivity contribution in [1.82, 2.24) is 16.0 Å². The van der Waals surface area contributed by atoms with Crippen molar-refractivity contribution in [3.8, 4) is 0 Å². The fourth-order valence-electron chi connectivity index (χ4n) is 2.21. The van der Waals surface area contributed by atoms with Crippen LogP contribution in [0.15, 0.2) is 47.2 Å². The molecule has 143 valence electrons. The number of amides is 2. The maximum absolute atomic E-state index is 12.3. The van der Waals surface area contributed by atoms with Gasteiger partial charge in [-0.3, -0.25) is 4.79 Å². The minimum atomic E-state index is -0.941. The molecule has 0 aromatic heterocycles. The van der Waals surface area contributed by atoms with Crippen LogP contribution in [-0.2, 0) is 25.7 Å². The lowest BCUT2D eigenvalue weighted by atomic mass is 10.1. The van der Waals surface area contributed by atoms with Crippen molar-refractivity contribution in [3.63, 3.8) is 0 Å². The summed E-state index contributed by atoms with van der Waals surface area (Å²) >= 11 is 0. The first kappa shape index (κ1) is 20.0. The summed E-state index contributed by atoms with van der Waals surface area (Å²) in [5, 5.41) is 8.92.